The van der Waals surface area contributed by atoms with Crippen molar-refractivity contribution in [2.24, 2.45) is 0 Å². The molecule has 0 aliphatic carbocycles. The quantitative estimate of drug-likeness (QED) is 0.241. The molecule has 0 amide bonds. The maximum absolute atomic E-state index is 6.66. The van der Waals surface area contributed by atoms with Gasteiger partial charge in [0.2, 0.25) is 0 Å². The molecule has 6 aromatic rings. The highest BCUT2D eigenvalue weighted by Gasteiger charge is 2.41. The lowest BCUT2D eigenvalue weighted by molar-refractivity contribution is 0.461. The van der Waals surface area contributed by atoms with E-state index in [9.17, 15) is 0 Å². The Labute approximate surface area is 215 Å². The molecule has 0 radical (unpaired) electrons. The molecule has 2 aliphatic rings. The molecule has 0 atom stereocenters. The van der Waals surface area contributed by atoms with E-state index in [1.165, 1.54) is 10.9 Å². The van der Waals surface area contributed by atoms with Crippen molar-refractivity contribution in [3.05, 3.63) is 102 Å². The fraction of sp³-hybridized carbons (Fsp3) is 0.0909. The lowest BCUT2D eigenvalue weighted by Crippen LogP contribution is -2.57. The Kier molecular flexibility index (Phi) is 4.09. The molecule has 5 aromatic carbocycles. The number of benzene rings is 5. The Morgan fingerprint density at radius 2 is 1.22 bits per heavy atom. The van der Waals surface area contributed by atoms with Crippen LogP contribution in [0.1, 0.15) is 16.7 Å². The molecule has 176 valence electrons. The molecular formula is C33H23BO3. The summed E-state index contributed by atoms with van der Waals surface area (Å²) in [5.74, 6) is 3.60. The molecule has 0 spiro atoms. The van der Waals surface area contributed by atoms with Crippen LogP contribution in [0.25, 0.3) is 33.1 Å². The second-order valence-corrected chi connectivity index (χ2v) is 10.2. The number of furan rings is 1. The van der Waals surface area contributed by atoms with Crippen LogP contribution in [-0.2, 0) is 0 Å². The molecule has 0 saturated heterocycles. The fourth-order valence-corrected chi connectivity index (χ4v) is 6.22. The van der Waals surface area contributed by atoms with Crippen molar-refractivity contribution in [3.8, 4) is 34.1 Å². The fourth-order valence-electron chi connectivity index (χ4n) is 6.22. The average molecular weight is 478 g/mol. The van der Waals surface area contributed by atoms with Gasteiger partial charge >= 0.3 is 0 Å². The molecule has 0 unspecified atom stereocenters. The van der Waals surface area contributed by atoms with Crippen LogP contribution in [-0.4, -0.2) is 6.71 Å². The SMILES string of the molecule is Cc1cccc2c1Oc1cc(-c3cccc4oc5c(C)cccc5c34)cc3c1B2c1cccc(C)c1O3. The monoisotopic (exact) mass is 478 g/mol. The predicted molar refractivity (Wildman–Crippen MR) is 151 cm³/mol. The summed E-state index contributed by atoms with van der Waals surface area (Å²) in [6.07, 6.45) is 0. The van der Waals surface area contributed by atoms with E-state index in [0.29, 0.717) is 0 Å². The van der Waals surface area contributed by atoms with Crippen LogP contribution in [0.4, 0.5) is 0 Å². The van der Waals surface area contributed by atoms with E-state index in [1.807, 2.05) is 6.07 Å². The Morgan fingerprint density at radius 3 is 1.89 bits per heavy atom. The summed E-state index contributed by atoms with van der Waals surface area (Å²) in [6.45, 7) is 6.39. The smallest absolute Gasteiger partial charge is 0.260 e. The highest BCUT2D eigenvalue weighted by atomic mass is 16.5. The summed E-state index contributed by atoms with van der Waals surface area (Å²) in [5, 5.41) is 2.24. The molecule has 0 saturated carbocycles. The van der Waals surface area contributed by atoms with Crippen molar-refractivity contribution in [2.45, 2.75) is 20.8 Å². The third-order valence-electron chi connectivity index (χ3n) is 7.95. The van der Waals surface area contributed by atoms with Gasteiger partial charge in [-0.1, -0.05) is 66.7 Å². The van der Waals surface area contributed by atoms with E-state index < -0.39 is 0 Å². The minimum Gasteiger partial charge on any atom is -0.458 e. The molecular weight excluding hydrogens is 455 g/mol. The van der Waals surface area contributed by atoms with E-state index in [2.05, 4.69) is 99.6 Å². The van der Waals surface area contributed by atoms with Crippen molar-refractivity contribution < 1.29 is 13.9 Å². The Bertz CT molecular complexity index is 1850. The summed E-state index contributed by atoms with van der Waals surface area (Å²) < 4.78 is 19.6. The number of ether oxygens (including phenoxy) is 2. The van der Waals surface area contributed by atoms with Crippen LogP contribution in [0.2, 0.25) is 0 Å². The van der Waals surface area contributed by atoms with Gasteiger partial charge in [-0.2, -0.15) is 0 Å². The summed E-state index contributed by atoms with van der Waals surface area (Å²) >= 11 is 0. The lowest BCUT2D eigenvalue weighted by Gasteiger charge is -2.34. The first kappa shape index (κ1) is 20.7. The molecule has 0 bridgehead atoms. The van der Waals surface area contributed by atoms with Crippen LogP contribution < -0.4 is 25.9 Å². The van der Waals surface area contributed by atoms with Gasteiger partial charge in [0, 0.05) is 16.2 Å². The summed E-state index contributed by atoms with van der Waals surface area (Å²) in [4.78, 5) is 0. The van der Waals surface area contributed by atoms with Crippen LogP contribution in [0, 0.1) is 20.8 Å². The van der Waals surface area contributed by atoms with Gasteiger partial charge in [-0.3, -0.25) is 0 Å². The number of fused-ring (bicyclic) bond motifs is 7. The molecule has 3 heterocycles. The largest absolute Gasteiger partial charge is 0.458 e. The summed E-state index contributed by atoms with van der Waals surface area (Å²) in [5.41, 5.74) is 10.9. The standard InChI is InChI=1S/C33H23BO3/c1-18-8-4-12-23-29-22(11-7-15-26(29)35-31(18)23)21-16-27-30-28(17-21)37-33-20(3)10-6-14-25(33)34(30)24-13-5-9-19(2)32(24)36-27/h4-17H,1-3H3. The molecule has 0 N–H and O–H groups in total. The van der Waals surface area contributed by atoms with Gasteiger partial charge in [-0.15, -0.1) is 0 Å². The van der Waals surface area contributed by atoms with Crippen molar-refractivity contribution >= 4 is 45.0 Å². The normalized spacial score (nSPS) is 13.1. The number of rotatable bonds is 1. The van der Waals surface area contributed by atoms with Crippen molar-refractivity contribution in [2.75, 3.05) is 0 Å². The van der Waals surface area contributed by atoms with E-state index in [-0.39, 0.29) is 6.71 Å². The van der Waals surface area contributed by atoms with E-state index in [1.54, 1.807) is 0 Å². The van der Waals surface area contributed by atoms with Crippen LogP contribution in [0.5, 0.6) is 23.0 Å². The van der Waals surface area contributed by atoms with E-state index in [0.717, 1.165) is 78.2 Å². The molecule has 3 nitrogen and oxygen atoms in total. The zero-order valence-corrected chi connectivity index (χ0v) is 20.9. The molecule has 2 aliphatic heterocycles. The number of aryl methyl sites for hydroxylation is 3. The summed E-state index contributed by atoms with van der Waals surface area (Å²) in [7, 11) is 0. The highest BCUT2D eigenvalue weighted by Crippen LogP contribution is 2.43. The molecule has 4 heteroatoms. The van der Waals surface area contributed by atoms with E-state index in [4.69, 9.17) is 13.9 Å². The zero-order chi connectivity index (χ0) is 24.8. The van der Waals surface area contributed by atoms with E-state index >= 15 is 0 Å². The Morgan fingerprint density at radius 1 is 0.622 bits per heavy atom. The average Bonchev–Trinajstić information content (AvgIpc) is 3.30. The zero-order valence-electron chi connectivity index (χ0n) is 20.9. The Hall–Kier alpha value is -4.44. The maximum Gasteiger partial charge on any atom is 0.260 e. The first-order valence-corrected chi connectivity index (χ1v) is 12.7. The molecule has 1 aromatic heterocycles. The van der Waals surface area contributed by atoms with Crippen molar-refractivity contribution in [3.63, 3.8) is 0 Å². The third kappa shape index (κ3) is 2.78. The van der Waals surface area contributed by atoms with Crippen LogP contribution in [0.3, 0.4) is 0 Å². The van der Waals surface area contributed by atoms with Gasteiger partial charge in [0.05, 0.1) is 0 Å². The van der Waals surface area contributed by atoms with Gasteiger partial charge in [0.1, 0.15) is 34.2 Å². The van der Waals surface area contributed by atoms with Crippen LogP contribution >= 0.6 is 0 Å². The minimum absolute atomic E-state index is 0.0690. The minimum atomic E-state index is 0.0690. The second-order valence-electron chi connectivity index (χ2n) is 10.2. The molecule has 8 rings (SSSR count). The molecule has 0 fully saturated rings. The first-order chi connectivity index (χ1) is 18.1. The van der Waals surface area contributed by atoms with Gasteiger partial charge in [-0.25, -0.2) is 0 Å². The number of hydrogen-bond donors (Lipinski definition) is 0. The lowest BCUT2D eigenvalue weighted by atomic mass is 9.34. The molecule has 37 heavy (non-hydrogen) atoms. The van der Waals surface area contributed by atoms with Gasteiger partial charge < -0.3 is 13.9 Å². The topological polar surface area (TPSA) is 31.6 Å². The van der Waals surface area contributed by atoms with Gasteiger partial charge in [-0.05, 0) is 77.7 Å². The van der Waals surface area contributed by atoms with Crippen LogP contribution in [0.15, 0.2) is 89.3 Å². The first-order valence-electron chi connectivity index (χ1n) is 12.7. The maximum atomic E-state index is 6.66. The number of para-hydroxylation sites is 3. The van der Waals surface area contributed by atoms with Gasteiger partial charge in [0.25, 0.3) is 6.71 Å². The highest BCUT2D eigenvalue weighted by molar-refractivity contribution is 6.98. The predicted octanol–water partition coefficient (Wildman–Crippen LogP) is 6.91. The summed E-state index contributed by atoms with van der Waals surface area (Å²) in [6, 6.07) is 29.8. The van der Waals surface area contributed by atoms with Crippen molar-refractivity contribution in [1.82, 2.24) is 0 Å². The second kappa shape index (κ2) is 7.30. The Balaban J connectivity index is 1.43. The number of hydrogen-bond acceptors (Lipinski definition) is 3. The third-order valence-corrected chi connectivity index (χ3v) is 7.95. The van der Waals surface area contributed by atoms with Gasteiger partial charge in [0.15, 0.2) is 0 Å². The van der Waals surface area contributed by atoms with Crippen molar-refractivity contribution in [1.29, 1.82) is 0 Å².